The zero-order valence-corrected chi connectivity index (χ0v) is 12.6. The fraction of sp³-hybridized carbons (Fsp3) is 0.429. The summed E-state index contributed by atoms with van der Waals surface area (Å²) in [5.41, 5.74) is 1.90. The van der Waals surface area contributed by atoms with Gasteiger partial charge in [-0.1, -0.05) is 15.9 Å². The number of nitrogens with one attached hydrogen (secondary N) is 1. The third-order valence-corrected chi connectivity index (χ3v) is 4.26. The molecule has 20 heavy (non-hydrogen) atoms. The number of benzene rings is 1. The van der Waals surface area contributed by atoms with Gasteiger partial charge in [0.15, 0.2) is 0 Å². The standard InChI is InChI=1S/C14H15BrN2O3/c1-8(18)20-10-4-5-17-13(7-10)11-6-9(15)2-3-12(11)16-14(17)19/h2-3,6,10,13H,4-5,7H2,1H3,(H,16,19)/t10?,13-/m0/s1. The molecule has 1 saturated heterocycles. The topological polar surface area (TPSA) is 58.6 Å². The molecule has 0 aromatic heterocycles. The number of hydrogen-bond donors (Lipinski definition) is 1. The number of ether oxygens (including phenoxy) is 1. The van der Waals surface area contributed by atoms with Crippen molar-refractivity contribution < 1.29 is 14.3 Å². The number of esters is 1. The van der Waals surface area contributed by atoms with Crippen molar-refractivity contribution >= 4 is 33.6 Å². The summed E-state index contributed by atoms with van der Waals surface area (Å²) in [5, 5.41) is 2.90. The molecule has 0 saturated carbocycles. The Morgan fingerprint density at radius 1 is 1.50 bits per heavy atom. The number of amides is 2. The Bertz CT molecular complexity index is 576. The molecular formula is C14H15BrN2O3. The van der Waals surface area contributed by atoms with Gasteiger partial charge in [-0.25, -0.2) is 4.79 Å². The average Bonchev–Trinajstić information content (AvgIpc) is 2.39. The first-order valence-electron chi connectivity index (χ1n) is 6.59. The quantitative estimate of drug-likeness (QED) is 0.800. The van der Waals surface area contributed by atoms with E-state index in [1.54, 1.807) is 0 Å². The molecular weight excluding hydrogens is 324 g/mol. The lowest BCUT2D eigenvalue weighted by Crippen LogP contribution is -2.48. The molecule has 0 spiro atoms. The summed E-state index contributed by atoms with van der Waals surface area (Å²) in [6.45, 7) is 2.02. The normalized spacial score (nSPS) is 24.5. The number of rotatable bonds is 1. The smallest absolute Gasteiger partial charge is 0.322 e. The van der Waals surface area contributed by atoms with Crippen molar-refractivity contribution in [2.24, 2.45) is 0 Å². The third kappa shape index (κ3) is 2.40. The molecule has 2 aliphatic rings. The first-order chi connectivity index (χ1) is 9.54. The van der Waals surface area contributed by atoms with Crippen molar-refractivity contribution in [2.45, 2.75) is 31.9 Å². The maximum absolute atomic E-state index is 12.1. The van der Waals surface area contributed by atoms with Gasteiger partial charge in [0.25, 0.3) is 0 Å². The number of nitrogens with zero attached hydrogens (tertiary/aromatic N) is 1. The number of anilines is 1. The van der Waals surface area contributed by atoms with Gasteiger partial charge in [-0.3, -0.25) is 4.79 Å². The van der Waals surface area contributed by atoms with Crippen LogP contribution >= 0.6 is 15.9 Å². The lowest BCUT2D eigenvalue weighted by molar-refractivity contribution is -0.149. The van der Waals surface area contributed by atoms with E-state index in [-0.39, 0.29) is 24.1 Å². The Kier molecular flexibility index (Phi) is 3.41. The molecule has 5 nitrogen and oxygen atoms in total. The number of hydrogen-bond acceptors (Lipinski definition) is 3. The molecule has 106 valence electrons. The molecule has 2 heterocycles. The van der Waals surface area contributed by atoms with Crippen LogP contribution in [0.25, 0.3) is 0 Å². The lowest BCUT2D eigenvalue weighted by Gasteiger charge is -2.42. The van der Waals surface area contributed by atoms with Crippen LogP contribution in [0.2, 0.25) is 0 Å². The first kappa shape index (κ1) is 13.4. The second kappa shape index (κ2) is 5.09. The minimum atomic E-state index is -0.266. The number of piperidine rings is 1. The van der Waals surface area contributed by atoms with E-state index < -0.39 is 0 Å². The van der Waals surface area contributed by atoms with Gasteiger partial charge in [0.1, 0.15) is 6.10 Å². The van der Waals surface area contributed by atoms with Crippen LogP contribution in [-0.4, -0.2) is 29.5 Å². The SMILES string of the molecule is CC(=O)OC1CCN2C(=O)Nc3ccc(Br)cc3[C@@H]2C1. The summed E-state index contributed by atoms with van der Waals surface area (Å²) in [6, 6.07) is 5.70. The molecule has 1 fully saturated rings. The number of carbonyl (C=O) groups is 2. The lowest BCUT2D eigenvalue weighted by atomic mass is 9.91. The highest BCUT2D eigenvalue weighted by Gasteiger charge is 2.38. The van der Waals surface area contributed by atoms with E-state index in [0.717, 1.165) is 15.7 Å². The second-order valence-corrected chi connectivity index (χ2v) is 6.04. The zero-order valence-electron chi connectivity index (χ0n) is 11.1. The van der Waals surface area contributed by atoms with E-state index in [1.807, 2.05) is 23.1 Å². The van der Waals surface area contributed by atoms with Crippen molar-refractivity contribution in [3.63, 3.8) is 0 Å². The second-order valence-electron chi connectivity index (χ2n) is 5.13. The Labute approximate surface area is 125 Å². The van der Waals surface area contributed by atoms with Crippen molar-refractivity contribution in [3.8, 4) is 0 Å². The van der Waals surface area contributed by atoms with Gasteiger partial charge >= 0.3 is 12.0 Å². The van der Waals surface area contributed by atoms with Crippen molar-refractivity contribution in [1.82, 2.24) is 4.90 Å². The van der Waals surface area contributed by atoms with E-state index >= 15 is 0 Å². The highest BCUT2D eigenvalue weighted by atomic mass is 79.9. The highest BCUT2D eigenvalue weighted by molar-refractivity contribution is 9.10. The van der Waals surface area contributed by atoms with Crippen LogP contribution < -0.4 is 5.32 Å². The number of fused-ring (bicyclic) bond motifs is 3. The summed E-state index contributed by atoms with van der Waals surface area (Å²) >= 11 is 3.46. The molecule has 2 aliphatic heterocycles. The van der Waals surface area contributed by atoms with Crippen LogP contribution in [0.1, 0.15) is 31.4 Å². The molecule has 0 bridgehead atoms. The van der Waals surface area contributed by atoms with Gasteiger partial charge in [0.2, 0.25) is 0 Å². The molecule has 6 heteroatoms. The monoisotopic (exact) mass is 338 g/mol. The van der Waals surface area contributed by atoms with Gasteiger partial charge in [0, 0.05) is 36.5 Å². The summed E-state index contributed by atoms with van der Waals surface area (Å²) in [6.07, 6.45) is 1.22. The van der Waals surface area contributed by atoms with Crippen LogP contribution in [0.3, 0.4) is 0 Å². The van der Waals surface area contributed by atoms with E-state index in [0.29, 0.717) is 19.4 Å². The molecule has 1 aromatic carbocycles. The minimum absolute atomic E-state index is 0.0330. The van der Waals surface area contributed by atoms with E-state index in [2.05, 4.69) is 21.2 Å². The van der Waals surface area contributed by atoms with Crippen molar-refractivity contribution in [3.05, 3.63) is 28.2 Å². The predicted molar refractivity (Wildman–Crippen MR) is 77.4 cm³/mol. The van der Waals surface area contributed by atoms with Crippen LogP contribution in [0.5, 0.6) is 0 Å². The van der Waals surface area contributed by atoms with Crippen LogP contribution in [0.4, 0.5) is 10.5 Å². The van der Waals surface area contributed by atoms with Gasteiger partial charge < -0.3 is 15.0 Å². The van der Waals surface area contributed by atoms with Gasteiger partial charge in [0.05, 0.1) is 6.04 Å². The summed E-state index contributed by atoms with van der Waals surface area (Å²) < 4.78 is 6.29. The van der Waals surface area contributed by atoms with Crippen LogP contribution in [0, 0.1) is 0 Å². The van der Waals surface area contributed by atoms with E-state index in [4.69, 9.17) is 4.74 Å². The molecule has 1 aromatic rings. The molecule has 0 aliphatic carbocycles. The molecule has 1 unspecified atom stereocenters. The Hall–Kier alpha value is -1.56. The Balaban J connectivity index is 1.91. The fourth-order valence-corrected chi connectivity index (χ4v) is 3.30. The van der Waals surface area contributed by atoms with Gasteiger partial charge in [-0.05, 0) is 23.8 Å². The first-order valence-corrected chi connectivity index (χ1v) is 7.38. The van der Waals surface area contributed by atoms with Gasteiger partial charge in [-0.2, -0.15) is 0 Å². The predicted octanol–water partition coefficient (Wildman–Crippen LogP) is 3.06. The summed E-state index contributed by atoms with van der Waals surface area (Å²) in [4.78, 5) is 25.0. The summed E-state index contributed by atoms with van der Waals surface area (Å²) in [7, 11) is 0. The average molecular weight is 339 g/mol. The molecule has 1 N–H and O–H groups in total. The van der Waals surface area contributed by atoms with Crippen LogP contribution in [0.15, 0.2) is 22.7 Å². The largest absolute Gasteiger partial charge is 0.462 e. The van der Waals surface area contributed by atoms with E-state index in [9.17, 15) is 9.59 Å². The maximum Gasteiger partial charge on any atom is 0.322 e. The van der Waals surface area contributed by atoms with Crippen LogP contribution in [-0.2, 0) is 9.53 Å². The summed E-state index contributed by atoms with van der Waals surface area (Å²) in [5.74, 6) is -0.266. The third-order valence-electron chi connectivity index (χ3n) is 3.76. The maximum atomic E-state index is 12.1. The highest BCUT2D eigenvalue weighted by Crippen LogP contribution is 2.40. The minimum Gasteiger partial charge on any atom is -0.462 e. The number of urea groups is 1. The Morgan fingerprint density at radius 3 is 3.05 bits per heavy atom. The van der Waals surface area contributed by atoms with Gasteiger partial charge in [-0.15, -0.1) is 0 Å². The molecule has 0 radical (unpaired) electrons. The molecule has 2 amide bonds. The molecule has 3 rings (SSSR count). The number of carbonyl (C=O) groups excluding carboxylic acids is 2. The van der Waals surface area contributed by atoms with E-state index in [1.165, 1.54) is 6.92 Å². The number of halogens is 1. The van der Waals surface area contributed by atoms with Crippen molar-refractivity contribution in [1.29, 1.82) is 0 Å². The molecule has 2 atom stereocenters. The Morgan fingerprint density at radius 2 is 2.30 bits per heavy atom. The zero-order chi connectivity index (χ0) is 14.3. The fourth-order valence-electron chi connectivity index (χ4n) is 2.92. The van der Waals surface area contributed by atoms with Crippen molar-refractivity contribution in [2.75, 3.05) is 11.9 Å².